The summed E-state index contributed by atoms with van der Waals surface area (Å²) in [6, 6.07) is 6.64. The molecule has 0 atom stereocenters. The molecule has 5 nitrogen and oxygen atoms in total. The zero-order valence-electron chi connectivity index (χ0n) is 15.7. The fourth-order valence-electron chi connectivity index (χ4n) is 3.01. The Morgan fingerprint density at radius 1 is 1.16 bits per heavy atom. The molecular formula is C19H28N4OS. The van der Waals surface area contributed by atoms with Crippen molar-refractivity contribution in [2.24, 2.45) is 5.92 Å². The van der Waals surface area contributed by atoms with Crippen molar-refractivity contribution in [3.8, 4) is 0 Å². The normalized spacial score (nSPS) is 15.2. The Balaban J connectivity index is 1.80. The lowest BCUT2D eigenvalue weighted by atomic mass is 10.1. The first-order valence-corrected chi connectivity index (χ1v) is 9.98. The fraction of sp³-hybridized carbons (Fsp3) is 0.579. The molecule has 0 spiro atoms. The van der Waals surface area contributed by atoms with Crippen LogP contribution in [0.2, 0.25) is 0 Å². The summed E-state index contributed by atoms with van der Waals surface area (Å²) in [5.41, 5.74) is 4.01. The van der Waals surface area contributed by atoms with Crippen LogP contribution in [0.1, 0.15) is 30.5 Å². The maximum absolute atomic E-state index is 5.47. The molecule has 0 radical (unpaired) electrons. The van der Waals surface area contributed by atoms with Gasteiger partial charge in [-0.15, -0.1) is 10.2 Å². The Morgan fingerprint density at radius 2 is 1.92 bits per heavy atom. The molecule has 0 aliphatic carbocycles. The molecule has 1 aromatic carbocycles. The predicted molar refractivity (Wildman–Crippen MR) is 103 cm³/mol. The van der Waals surface area contributed by atoms with Gasteiger partial charge in [-0.05, 0) is 30.9 Å². The molecule has 0 bridgehead atoms. The zero-order valence-corrected chi connectivity index (χ0v) is 16.5. The number of benzene rings is 1. The third kappa shape index (κ3) is 4.55. The van der Waals surface area contributed by atoms with Gasteiger partial charge >= 0.3 is 0 Å². The largest absolute Gasteiger partial charge is 0.378 e. The summed E-state index contributed by atoms with van der Waals surface area (Å²) in [5.74, 6) is 2.46. The second kappa shape index (κ2) is 8.23. The third-order valence-electron chi connectivity index (χ3n) is 4.40. The molecular weight excluding hydrogens is 332 g/mol. The molecule has 6 heteroatoms. The highest BCUT2D eigenvalue weighted by atomic mass is 32.2. The van der Waals surface area contributed by atoms with Gasteiger partial charge in [-0.2, -0.15) is 0 Å². The zero-order chi connectivity index (χ0) is 17.8. The minimum Gasteiger partial charge on any atom is -0.378 e. The number of hydrogen-bond acceptors (Lipinski definition) is 5. The van der Waals surface area contributed by atoms with E-state index < -0.39 is 0 Å². The first-order chi connectivity index (χ1) is 12.0. The van der Waals surface area contributed by atoms with Crippen LogP contribution in [0.4, 0.5) is 5.95 Å². The van der Waals surface area contributed by atoms with Gasteiger partial charge in [-0.1, -0.05) is 49.4 Å². The van der Waals surface area contributed by atoms with E-state index in [0.717, 1.165) is 49.7 Å². The van der Waals surface area contributed by atoms with Gasteiger partial charge in [0.1, 0.15) is 0 Å². The van der Waals surface area contributed by atoms with Gasteiger partial charge in [0.25, 0.3) is 0 Å². The van der Waals surface area contributed by atoms with Crippen molar-refractivity contribution in [3.05, 3.63) is 34.9 Å². The van der Waals surface area contributed by atoms with E-state index in [0.29, 0.717) is 5.92 Å². The second-order valence-corrected chi connectivity index (χ2v) is 8.05. The Bertz CT molecular complexity index is 707. The van der Waals surface area contributed by atoms with Crippen molar-refractivity contribution in [1.82, 2.24) is 14.8 Å². The SMILES string of the molecule is Cc1ccc(C)c(CSc2nnc(N3CCOCC3)n2CC(C)C)c1. The van der Waals surface area contributed by atoms with Crippen molar-refractivity contribution < 1.29 is 4.74 Å². The summed E-state index contributed by atoms with van der Waals surface area (Å²) in [7, 11) is 0. The summed E-state index contributed by atoms with van der Waals surface area (Å²) in [6.45, 7) is 13.0. The number of anilines is 1. The average molecular weight is 361 g/mol. The average Bonchev–Trinajstić information content (AvgIpc) is 2.98. The molecule has 136 valence electrons. The fourth-order valence-corrected chi connectivity index (χ4v) is 4.01. The first-order valence-electron chi connectivity index (χ1n) is 8.99. The molecule has 2 aromatic rings. The standard InChI is InChI=1S/C19H28N4OS/c1-14(2)12-23-18(22-7-9-24-10-8-22)20-21-19(23)25-13-17-11-15(3)5-6-16(17)4/h5-6,11,14H,7-10,12-13H2,1-4H3. The number of hydrogen-bond donors (Lipinski definition) is 0. The topological polar surface area (TPSA) is 43.2 Å². The van der Waals surface area contributed by atoms with E-state index in [1.54, 1.807) is 11.8 Å². The molecule has 25 heavy (non-hydrogen) atoms. The number of ether oxygens (including phenoxy) is 1. The summed E-state index contributed by atoms with van der Waals surface area (Å²) < 4.78 is 7.76. The van der Waals surface area contributed by atoms with Crippen LogP contribution in [-0.2, 0) is 17.0 Å². The molecule has 0 saturated carbocycles. The van der Waals surface area contributed by atoms with Crippen LogP contribution in [0, 0.1) is 19.8 Å². The van der Waals surface area contributed by atoms with E-state index in [2.05, 4.69) is 65.6 Å². The van der Waals surface area contributed by atoms with Crippen molar-refractivity contribution in [1.29, 1.82) is 0 Å². The predicted octanol–water partition coefficient (Wildman–Crippen LogP) is 3.68. The lowest BCUT2D eigenvalue weighted by molar-refractivity contribution is 0.121. The molecule has 0 unspecified atom stereocenters. The van der Waals surface area contributed by atoms with Crippen molar-refractivity contribution in [2.75, 3.05) is 31.2 Å². The highest BCUT2D eigenvalue weighted by molar-refractivity contribution is 7.98. The lowest BCUT2D eigenvalue weighted by Gasteiger charge is -2.28. The van der Waals surface area contributed by atoms with Gasteiger partial charge in [-0.25, -0.2) is 0 Å². The van der Waals surface area contributed by atoms with Gasteiger partial charge < -0.3 is 9.64 Å². The van der Waals surface area contributed by atoms with E-state index in [9.17, 15) is 0 Å². The molecule has 1 aliphatic rings. The van der Waals surface area contributed by atoms with Crippen LogP contribution in [0.3, 0.4) is 0 Å². The van der Waals surface area contributed by atoms with Gasteiger partial charge in [-0.3, -0.25) is 4.57 Å². The molecule has 1 fully saturated rings. The number of rotatable bonds is 6. The Kier molecular flexibility index (Phi) is 6.02. The van der Waals surface area contributed by atoms with E-state index in [1.807, 2.05) is 0 Å². The molecule has 3 rings (SSSR count). The maximum Gasteiger partial charge on any atom is 0.228 e. The smallest absolute Gasteiger partial charge is 0.228 e. The summed E-state index contributed by atoms with van der Waals surface area (Å²) in [6.07, 6.45) is 0. The quantitative estimate of drug-likeness (QED) is 0.735. The Morgan fingerprint density at radius 3 is 2.64 bits per heavy atom. The maximum atomic E-state index is 5.47. The molecule has 1 aliphatic heterocycles. The van der Waals surface area contributed by atoms with Crippen molar-refractivity contribution >= 4 is 17.7 Å². The van der Waals surface area contributed by atoms with Crippen molar-refractivity contribution in [2.45, 2.75) is 45.1 Å². The third-order valence-corrected chi connectivity index (χ3v) is 5.42. The monoisotopic (exact) mass is 360 g/mol. The first kappa shape index (κ1) is 18.3. The summed E-state index contributed by atoms with van der Waals surface area (Å²) in [5, 5.41) is 10.0. The van der Waals surface area contributed by atoms with Crippen molar-refractivity contribution in [3.63, 3.8) is 0 Å². The number of thioether (sulfide) groups is 1. The van der Waals surface area contributed by atoms with Crippen LogP contribution in [0.15, 0.2) is 23.4 Å². The minimum absolute atomic E-state index is 0.552. The van der Waals surface area contributed by atoms with Crippen LogP contribution in [-0.4, -0.2) is 41.1 Å². The van der Waals surface area contributed by atoms with E-state index in [4.69, 9.17) is 4.74 Å². The molecule has 1 saturated heterocycles. The van der Waals surface area contributed by atoms with Gasteiger partial charge in [0.15, 0.2) is 5.16 Å². The second-order valence-electron chi connectivity index (χ2n) is 7.11. The summed E-state index contributed by atoms with van der Waals surface area (Å²) >= 11 is 1.78. The lowest BCUT2D eigenvalue weighted by Crippen LogP contribution is -2.38. The van der Waals surface area contributed by atoms with E-state index >= 15 is 0 Å². The number of nitrogens with zero attached hydrogens (tertiary/aromatic N) is 4. The Labute approximate surface area is 154 Å². The van der Waals surface area contributed by atoms with Crippen LogP contribution < -0.4 is 4.90 Å². The Hall–Kier alpha value is -1.53. The minimum atomic E-state index is 0.552. The van der Waals surface area contributed by atoms with E-state index in [-0.39, 0.29) is 0 Å². The van der Waals surface area contributed by atoms with Gasteiger partial charge in [0.2, 0.25) is 5.95 Å². The number of aryl methyl sites for hydroxylation is 2. The van der Waals surface area contributed by atoms with Gasteiger partial charge in [0.05, 0.1) is 13.2 Å². The highest BCUT2D eigenvalue weighted by Gasteiger charge is 2.21. The number of aromatic nitrogens is 3. The molecule has 0 N–H and O–H groups in total. The van der Waals surface area contributed by atoms with E-state index in [1.165, 1.54) is 16.7 Å². The summed E-state index contributed by atoms with van der Waals surface area (Å²) in [4.78, 5) is 2.29. The highest BCUT2D eigenvalue weighted by Crippen LogP contribution is 2.28. The van der Waals surface area contributed by atoms with Crippen LogP contribution in [0.25, 0.3) is 0 Å². The van der Waals surface area contributed by atoms with Crippen LogP contribution >= 0.6 is 11.8 Å². The molecule has 2 heterocycles. The van der Waals surface area contributed by atoms with Crippen LogP contribution in [0.5, 0.6) is 0 Å². The van der Waals surface area contributed by atoms with Gasteiger partial charge in [0, 0.05) is 25.4 Å². The molecule has 0 amide bonds. The molecule has 1 aromatic heterocycles. The number of morpholine rings is 1.